The van der Waals surface area contributed by atoms with E-state index in [1.807, 2.05) is 24.4 Å². The first-order valence-corrected chi connectivity index (χ1v) is 12.3. The molecule has 3 aromatic rings. The van der Waals surface area contributed by atoms with Gasteiger partial charge in [-0.2, -0.15) is 4.31 Å². The molecule has 0 saturated carbocycles. The van der Waals surface area contributed by atoms with E-state index in [-0.39, 0.29) is 26.6 Å². The SMILES string of the molecule is CC1CCCN(S(=O)(=O)c2ccc(Sc3nnc(-c4cccs4)o3)c([N+](=O)[O-])c2)C1. The Labute approximate surface area is 181 Å². The number of sulfonamides is 1. The average molecular weight is 467 g/mol. The van der Waals surface area contributed by atoms with Crippen LogP contribution in [0.4, 0.5) is 5.69 Å². The number of nitro groups is 1. The molecular weight excluding hydrogens is 448 g/mol. The quantitative estimate of drug-likeness (QED) is 0.390. The highest BCUT2D eigenvalue weighted by molar-refractivity contribution is 7.99. The lowest BCUT2D eigenvalue weighted by Crippen LogP contribution is -2.39. The Kier molecular flexibility index (Phi) is 5.91. The minimum atomic E-state index is -3.80. The van der Waals surface area contributed by atoms with E-state index in [0.717, 1.165) is 35.5 Å². The van der Waals surface area contributed by atoms with Crippen LogP contribution in [0.5, 0.6) is 0 Å². The lowest BCUT2D eigenvalue weighted by molar-refractivity contribution is -0.388. The average Bonchev–Trinajstić information content (AvgIpc) is 3.40. The number of hydrogen-bond acceptors (Lipinski definition) is 9. The number of rotatable bonds is 6. The molecule has 0 amide bonds. The molecule has 2 aromatic heterocycles. The van der Waals surface area contributed by atoms with E-state index in [9.17, 15) is 18.5 Å². The maximum Gasteiger partial charge on any atom is 0.284 e. The van der Waals surface area contributed by atoms with E-state index in [2.05, 4.69) is 10.2 Å². The summed E-state index contributed by atoms with van der Waals surface area (Å²) in [4.78, 5) is 12.0. The molecule has 9 nitrogen and oxygen atoms in total. The van der Waals surface area contributed by atoms with E-state index in [4.69, 9.17) is 4.42 Å². The van der Waals surface area contributed by atoms with E-state index in [0.29, 0.717) is 19.0 Å². The molecule has 0 radical (unpaired) electrons. The molecule has 1 unspecified atom stereocenters. The Morgan fingerprint density at radius 3 is 2.87 bits per heavy atom. The molecular formula is C18H18N4O5S3. The van der Waals surface area contributed by atoms with Crippen LogP contribution in [0.2, 0.25) is 0 Å². The van der Waals surface area contributed by atoms with Crippen molar-refractivity contribution in [2.75, 3.05) is 13.1 Å². The van der Waals surface area contributed by atoms with E-state index in [1.54, 1.807) is 0 Å². The van der Waals surface area contributed by atoms with Gasteiger partial charge >= 0.3 is 0 Å². The van der Waals surface area contributed by atoms with Gasteiger partial charge in [-0.1, -0.05) is 13.0 Å². The lowest BCUT2D eigenvalue weighted by atomic mass is 10.0. The van der Waals surface area contributed by atoms with Crippen LogP contribution in [0.25, 0.3) is 10.8 Å². The summed E-state index contributed by atoms with van der Waals surface area (Å²) in [7, 11) is -3.80. The van der Waals surface area contributed by atoms with E-state index >= 15 is 0 Å². The second kappa shape index (κ2) is 8.46. The fourth-order valence-electron chi connectivity index (χ4n) is 3.25. The largest absolute Gasteiger partial charge is 0.410 e. The van der Waals surface area contributed by atoms with Gasteiger partial charge in [-0.25, -0.2) is 8.42 Å². The van der Waals surface area contributed by atoms with Crippen LogP contribution in [0, 0.1) is 16.0 Å². The van der Waals surface area contributed by atoms with Crippen LogP contribution in [0.1, 0.15) is 19.8 Å². The van der Waals surface area contributed by atoms with Gasteiger partial charge in [-0.3, -0.25) is 10.1 Å². The van der Waals surface area contributed by atoms with Gasteiger partial charge in [-0.15, -0.1) is 21.5 Å². The second-order valence-electron chi connectivity index (χ2n) is 6.95. The van der Waals surface area contributed by atoms with Gasteiger partial charge in [0.2, 0.25) is 10.0 Å². The smallest absolute Gasteiger partial charge is 0.284 e. The number of thiophene rings is 1. The van der Waals surface area contributed by atoms with E-state index in [1.165, 1.54) is 27.8 Å². The van der Waals surface area contributed by atoms with Crippen molar-refractivity contribution in [1.29, 1.82) is 0 Å². The third kappa shape index (κ3) is 4.26. The van der Waals surface area contributed by atoms with Gasteiger partial charge in [0.25, 0.3) is 16.8 Å². The Balaban J connectivity index is 1.62. The highest BCUT2D eigenvalue weighted by Gasteiger charge is 2.31. The first kappa shape index (κ1) is 21.0. The Hall–Kier alpha value is -2.28. The van der Waals surface area contributed by atoms with Crippen molar-refractivity contribution in [2.24, 2.45) is 5.92 Å². The Morgan fingerprint density at radius 1 is 1.33 bits per heavy atom. The Bertz CT molecular complexity index is 1160. The van der Waals surface area contributed by atoms with Crippen molar-refractivity contribution >= 4 is 38.8 Å². The summed E-state index contributed by atoms with van der Waals surface area (Å²) < 4.78 is 32.9. The van der Waals surface area contributed by atoms with Gasteiger partial charge in [0, 0.05) is 19.2 Å². The number of nitro benzene ring substituents is 1. The lowest BCUT2D eigenvalue weighted by Gasteiger charge is -2.30. The number of benzene rings is 1. The molecule has 1 fully saturated rings. The maximum absolute atomic E-state index is 13.0. The number of nitrogens with zero attached hydrogens (tertiary/aromatic N) is 4. The van der Waals surface area contributed by atoms with Gasteiger partial charge in [0.1, 0.15) is 0 Å². The first-order chi connectivity index (χ1) is 14.3. The van der Waals surface area contributed by atoms with Gasteiger partial charge in [0.15, 0.2) is 0 Å². The third-order valence-corrected chi connectivity index (χ3v) is 8.34. The summed E-state index contributed by atoms with van der Waals surface area (Å²) in [6.45, 7) is 2.84. The fourth-order valence-corrected chi connectivity index (χ4v) is 6.27. The monoisotopic (exact) mass is 466 g/mol. The van der Waals surface area contributed by atoms with Crippen LogP contribution < -0.4 is 0 Å². The predicted molar refractivity (Wildman–Crippen MR) is 112 cm³/mol. The highest BCUT2D eigenvalue weighted by Crippen LogP contribution is 2.37. The summed E-state index contributed by atoms with van der Waals surface area (Å²) in [6.07, 6.45) is 1.75. The zero-order valence-electron chi connectivity index (χ0n) is 15.9. The van der Waals surface area contributed by atoms with Crippen LogP contribution in [-0.4, -0.2) is 40.9 Å². The maximum atomic E-state index is 13.0. The predicted octanol–water partition coefficient (Wildman–Crippen LogP) is 4.28. The molecule has 0 N–H and O–H groups in total. The standard InChI is InChI=1S/C18H18N4O5S3/c1-12-4-2-8-21(11-12)30(25,26)13-6-7-15(14(10-13)22(23)24)29-18-20-19-17(27-18)16-5-3-9-28-16/h3,5-7,9-10,12H,2,4,8,11H2,1H3. The molecule has 1 aromatic carbocycles. The van der Waals surface area contributed by atoms with Crippen LogP contribution >= 0.6 is 23.1 Å². The molecule has 1 aliphatic rings. The number of hydrogen-bond donors (Lipinski definition) is 0. The number of piperidine rings is 1. The minimum absolute atomic E-state index is 0.0857. The molecule has 12 heteroatoms. The molecule has 1 atom stereocenters. The van der Waals surface area contributed by atoms with Crippen LogP contribution in [-0.2, 0) is 10.0 Å². The van der Waals surface area contributed by atoms with Crippen molar-refractivity contribution in [3.63, 3.8) is 0 Å². The van der Waals surface area contributed by atoms with Gasteiger partial charge in [0.05, 0.1) is 19.6 Å². The third-order valence-electron chi connectivity index (χ3n) is 4.72. The zero-order chi connectivity index (χ0) is 21.3. The van der Waals surface area contributed by atoms with Crippen molar-refractivity contribution in [3.05, 3.63) is 45.8 Å². The molecule has 1 saturated heterocycles. The first-order valence-electron chi connectivity index (χ1n) is 9.18. The summed E-state index contributed by atoms with van der Waals surface area (Å²) >= 11 is 2.37. The van der Waals surface area contributed by atoms with Crippen molar-refractivity contribution in [2.45, 2.75) is 34.8 Å². The second-order valence-corrected chi connectivity index (χ2v) is 10.8. The molecule has 3 heterocycles. The minimum Gasteiger partial charge on any atom is -0.410 e. The van der Waals surface area contributed by atoms with Gasteiger partial charge < -0.3 is 4.42 Å². The molecule has 1 aliphatic heterocycles. The Morgan fingerprint density at radius 2 is 2.17 bits per heavy atom. The van der Waals surface area contributed by atoms with Crippen LogP contribution in [0.3, 0.4) is 0 Å². The molecule has 4 rings (SSSR count). The van der Waals surface area contributed by atoms with Crippen molar-refractivity contribution < 1.29 is 17.8 Å². The summed E-state index contributed by atoms with van der Waals surface area (Å²) in [5, 5.41) is 21.5. The van der Waals surface area contributed by atoms with Crippen molar-refractivity contribution in [3.8, 4) is 10.8 Å². The topological polar surface area (TPSA) is 119 Å². The van der Waals surface area contributed by atoms with E-state index < -0.39 is 14.9 Å². The molecule has 0 spiro atoms. The summed E-state index contributed by atoms with van der Waals surface area (Å²) in [6, 6.07) is 7.59. The molecule has 0 aliphatic carbocycles. The molecule has 30 heavy (non-hydrogen) atoms. The zero-order valence-corrected chi connectivity index (χ0v) is 18.4. The fraction of sp³-hybridized carbons (Fsp3) is 0.333. The number of aromatic nitrogens is 2. The molecule has 0 bridgehead atoms. The highest BCUT2D eigenvalue weighted by atomic mass is 32.2. The molecule has 158 valence electrons. The van der Waals surface area contributed by atoms with Crippen LogP contribution in [0.15, 0.2) is 55.1 Å². The normalized spacial score (nSPS) is 17.8. The summed E-state index contributed by atoms with van der Waals surface area (Å²) in [5.41, 5.74) is -0.318. The van der Waals surface area contributed by atoms with Gasteiger partial charge in [-0.05, 0) is 54.1 Å². The summed E-state index contributed by atoms with van der Waals surface area (Å²) in [5.74, 6) is 0.585. The van der Waals surface area contributed by atoms with Crippen molar-refractivity contribution in [1.82, 2.24) is 14.5 Å².